The van der Waals surface area contributed by atoms with E-state index in [1.165, 1.54) is 13.2 Å². The smallest absolute Gasteiger partial charge is 0.331 e. The molecule has 1 amide bonds. The minimum Gasteiger partial charge on any atom is -0.466 e. The number of nitrogens with zero attached hydrogens (tertiary/aromatic N) is 1. The molecule has 0 spiro atoms. The molecular weight excluding hydrogens is 280 g/mol. The van der Waals surface area contributed by atoms with Crippen LogP contribution in [-0.2, 0) is 14.3 Å². The molecule has 0 radical (unpaired) electrons. The quantitative estimate of drug-likeness (QED) is 0.665. The van der Waals surface area contributed by atoms with Crippen LogP contribution in [0.4, 0.5) is 0 Å². The molecule has 1 saturated heterocycles. The fraction of sp³-hybridized carbons (Fsp3) is 0.294. The number of esters is 1. The van der Waals surface area contributed by atoms with Crippen molar-refractivity contribution in [3.63, 3.8) is 0 Å². The number of rotatable bonds is 2. The molecule has 5 nitrogen and oxygen atoms in total. The molecule has 3 rings (SSSR count). The van der Waals surface area contributed by atoms with Crippen LogP contribution in [0.15, 0.2) is 41.7 Å². The SMILES string of the molecule is COC(=O)/C=C1/C(=O)N2CCCNC2=C1c1ccc(C)cc1. The largest absolute Gasteiger partial charge is 0.466 e. The van der Waals surface area contributed by atoms with E-state index in [1.807, 2.05) is 31.2 Å². The second-order valence-electron chi connectivity index (χ2n) is 5.41. The summed E-state index contributed by atoms with van der Waals surface area (Å²) >= 11 is 0. The second kappa shape index (κ2) is 5.67. The lowest BCUT2D eigenvalue weighted by atomic mass is 9.98. The predicted octanol–water partition coefficient (Wildman–Crippen LogP) is 1.60. The van der Waals surface area contributed by atoms with Gasteiger partial charge in [-0.25, -0.2) is 4.79 Å². The number of ether oxygens (including phenoxy) is 1. The van der Waals surface area contributed by atoms with E-state index < -0.39 is 5.97 Å². The van der Waals surface area contributed by atoms with E-state index in [9.17, 15) is 9.59 Å². The summed E-state index contributed by atoms with van der Waals surface area (Å²) in [4.78, 5) is 25.9. The lowest BCUT2D eigenvalue weighted by Crippen LogP contribution is -2.39. The van der Waals surface area contributed by atoms with Gasteiger partial charge >= 0.3 is 5.97 Å². The molecular formula is C17H18N2O3. The predicted molar refractivity (Wildman–Crippen MR) is 82.5 cm³/mol. The fourth-order valence-corrected chi connectivity index (χ4v) is 2.78. The summed E-state index contributed by atoms with van der Waals surface area (Å²) in [5, 5.41) is 3.29. The zero-order valence-corrected chi connectivity index (χ0v) is 12.7. The summed E-state index contributed by atoms with van der Waals surface area (Å²) < 4.78 is 4.69. The number of carbonyl (C=O) groups is 2. The van der Waals surface area contributed by atoms with Gasteiger partial charge in [-0.3, -0.25) is 9.69 Å². The molecule has 22 heavy (non-hydrogen) atoms. The maximum atomic E-state index is 12.6. The summed E-state index contributed by atoms with van der Waals surface area (Å²) in [7, 11) is 1.31. The van der Waals surface area contributed by atoms with Crippen LogP contribution in [0.1, 0.15) is 17.5 Å². The highest BCUT2D eigenvalue weighted by atomic mass is 16.5. The summed E-state index contributed by atoms with van der Waals surface area (Å²) in [6, 6.07) is 7.93. The Labute approximate surface area is 129 Å². The molecule has 1 N–H and O–H groups in total. The van der Waals surface area contributed by atoms with E-state index in [4.69, 9.17) is 0 Å². The maximum Gasteiger partial charge on any atom is 0.331 e. The first-order valence-electron chi connectivity index (χ1n) is 7.29. The Morgan fingerprint density at radius 1 is 1.32 bits per heavy atom. The van der Waals surface area contributed by atoms with Crippen molar-refractivity contribution in [2.75, 3.05) is 20.2 Å². The third kappa shape index (κ3) is 2.39. The maximum absolute atomic E-state index is 12.6. The Balaban J connectivity index is 2.14. The first kappa shape index (κ1) is 14.4. The summed E-state index contributed by atoms with van der Waals surface area (Å²) in [6.07, 6.45) is 2.17. The van der Waals surface area contributed by atoms with Crippen molar-refractivity contribution < 1.29 is 14.3 Å². The summed E-state index contributed by atoms with van der Waals surface area (Å²) in [5.74, 6) is 0.117. The van der Waals surface area contributed by atoms with Crippen LogP contribution in [0, 0.1) is 6.92 Å². The number of hydrogen-bond acceptors (Lipinski definition) is 4. The molecule has 0 aromatic heterocycles. The third-order valence-electron chi connectivity index (χ3n) is 3.91. The van der Waals surface area contributed by atoms with E-state index in [1.54, 1.807) is 4.90 Å². The van der Waals surface area contributed by atoms with Crippen molar-refractivity contribution in [1.29, 1.82) is 0 Å². The van der Waals surface area contributed by atoms with Gasteiger partial charge in [-0.2, -0.15) is 0 Å². The van der Waals surface area contributed by atoms with Crippen LogP contribution in [0.25, 0.3) is 5.57 Å². The van der Waals surface area contributed by atoms with Gasteiger partial charge < -0.3 is 10.1 Å². The fourth-order valence-electron chi connectivity index (χ4n) is 2.78. The standard InChI is InChI=1S/C17H18N2O3/c1-11-4-6-12(7-5-11)15-13(10-14(20)22-2)17(21)19-9-3-8-18-16(15)19/h4-7,10,18H,3,8-9H2,1-2H3/b13-10+. The number of carbonyl (C=O) groups excluding carboxylic acids is 2. The van der Waals surface area contributed by atoms with E-state index in [-0.39, 0.29) is 5.91 Å². The average Bonchev–Trinajstić information content (AvgIpc) is 2.81. The summed E-state index contributed by atoms with van der Waals surface area (Å²) in [5.41, 5.74) is 3.22. The van der Waals surface area contributed by atoms with E-state index in [0.717, 1.165) is 35.5 Å². The van der Waals surface area contributed by atoms with E-state index in [2.05, 4.69) is 10.1 Å². The van der Waals surface area contributed by atoms with Gasteiger partial charge in [0.15, 0.2) is 0 Å². The van der Waals surface area contributed by atoms with Gasteiger partial charge in [-0.05, 0) is 18.9 Å². The van der Waals surface area contributed by atoms with Crippen molar-refractivity contribution in [2.24, 2.45) is 0 Å². The number of aryl methyl sites for hydroxylation is 1. The van der Waals surface area contributed by atoms with Crippen molar-refractivity contribution in [2.45, 2.75) is 13.3 Å². The minimum absolute atomic E-state index is 0.150. The van der Waals surface area contributed by atoms with E-state index in [0.29, 0.717) is 12.1 Å². The zero-order valence-electron chi connectivity index (χ0n) is 12.7. The molecule has 0 unspecified atom stereocenters. The molecule has 1 aromatic carbocycles. The first-order chi connectivity index (χ1) is 10.6. The van der Waals surface area contributed by atoms with Gasteiger partial charge in [0.1, 0.15) is 5.82 Å². The monoisotopic (exact) mass is 298 g/mol. The van der Waals surface area contributed by atoms with Crippen LogP contribution < -0.4 is 5.32 Å². The van der Waals surface area contributed by atoms with Gasteiger partial charge in [-0.1, -0.05) is 29.8 Å². The Hall–Kier alpha value is -2.56. The van der Waals surface area contributed by atoms with Crippen molar-refractivity contribution in [3.05, 3.63) is 52.9 Å². The Bertz CT molecular complexity index is 686. The molecule has 0 saturated carbocycles. The minimum atomic E-state index is -0.520. The van der Waals surface area contributed by atoms with Crippen molar-refractivity contribution >= 4 is 17.4 Å². The molecule has 114 valence electrons. The van der Waals surface area contributed by atoms with Crippen molar-refractivity contribution in [3.8, 4) is 0 Å². The van der Waals surface area contributed by atoms with Crippen LogP contribution in [0.2, 0.25) is 0 Å². The molecule has 5 heteroatoms. The third-order valence-corrected chi connectivity index (χ3v) is 3.91. The highest BCUT2D eigenvalue weighted by Crippen LogP contribution is 2.36. The number of methoxy groups -OCH3 is 1. The molecule has 0 atom stereocenters. The van der Waals surface area contributed by atoms with Crippen LogP contribution >= 0.6 is 0 Å². The lowest BCUT2D eigenvalue weighted by Gasteiger charge is -2.26. The van der Waals surface area contributed by atoms with E-state index >= 15 is 0 Å². The molecule has 2 heterocycles. The number of hydrogen-bond donors (Lipinski definition) is 1. The second-order valence-corrected chi connectivity index (χ2v) is 5.41. The summed E-state index contributed by atoms with van der Waals surface area (Å²) in [6.45, 7) is 3.49. The van der Waals surface area contributed by atoms with Crippen LogP contribution in [0.3, 0.4) is 0 Å². The van der Waals surface area contributed by atoms with Gasteiger partial charge in [0.2, 0.25) is 0 Å². The Morgan fingerprint density at radius 3 is 2.73 bits per heavy atom. The molecule has 2 aliphatic rings. The van der Waals surface area contributed by atoms with Gasteiger partial charge in [0.25, 0.3) is 5.91 Å². The van der Waals surface area contributed by atoms with Gasteiger partial charge in [0.05, 0.1) is 12.7 Å². The number of fused-ring (bicyclic) bond motifs is 1. The average molecular weight is 298 g/mol. The number of nitrogens with one attached hydrogen (secondary N) is 1. The lowest BCUT2D eigenvalue weighted by molar-refractivity contribution is -0.135. The van der Waals surface area contributed by atoms with Crippen molar-refractivity contribution in [1.82, 2.24) is 10.2 Å². The van der Waals surface area contributed by atoms with Gasteiger partial charge in [0, 0.05) is 24.7 Å². The first-order valence-corrected chi connectivity index (χ1v) is 7.29. The topological polar surface area (TPSA) is 58.6 Å². The molecule has 1 fully saturated rings. The molecule has 2 aliphatic heterocycles. The highest BCUT2D eigenvalue weighted by Gasteiger charge is 2.37. The highest BCUT2D eigenvalue weighted by molar-refractivity contribution is 6.17. The number of benzene rings is 1. The zero-order chi connectivity index (χ0) is 15.7. The molecule has 1 aromatic rings. The van der Waals surface area contributed by atoms with Crippen LogP contribution in [-0.4, -0.2) is 37.0 Å². The van der Waals surface area contributed by atoms with Gasteiger partial charge in [-0.15, -0.1) is 0 Å². The molecule has 0 bridgehead atoms. The normalized spacial score (nSPS) is 19.3. The number of amides is 1. The Morgan fingerprint density at radius 2 is 2.05 bits per heavy atom. The van der Waals surface area contributed by atoms with Crippen LogP contribution in [0.5, 0.6) is 0 Å². The molecule has 0 aliphatic carbocycles. The Kier molecular flexibility index (Phi) is 3.71.